The first-order valence-corrected chi connectivity index (χ1v) is 10.2. The van der Waals surface area contributed by atoms with Gasteiger partial charge >= 0.3 is 5.97 Å². The second-order valence-electron chi connectivity index (χ2n) is 6.50. The Morgan fingerprint density at radius 3 is 2.32 bits per heavy atom. The quantitative estimate of drug-likeness (QED) is 0.694. The van der Waals surface area contributed by atoms with Crippen molar-refractivity contribution in [3.63, 3.8) is 0 Å². The highest BCUT2D eigenvalue weighted by molar-refractivity contribution is 7.89. The SMILES string of the molecule is COC(=O)c1ccc(C(=O)N2CCCN(S(=O)(=O)c3cn(C)cn3)CC2)cc1. The van der Waals surface area contributed by atoms with E-state index in [0.717, 1.165) is 0 Å². The van der Waals surface area contributed by atoms with Crippen molar-refractivity contribution in [1.29, 1.82) is 0 Å². The van der Waals surface area contributed by atoms with E-state index in [4.69, 9.17) is 0 Å². The predicted molar refractivity (Wildman–Crippen MR) is 100 cm³/mol. The summed E-state index contributed by atoms with van der Waals surface area (Å²) in [5, 5.41) is 0.00757. The van der Waals surface area contributed by atoms with Gasteiger partial charge in [0.15, 0.2) is 5.03 Å². The first kappa shape index (κ1) is 20.0. The Morgan fingerprint density at radius 2 is 1.71 bits per heavy atom. The predicted octanol–water partition coefficient (Wildman–Crippen LogP) is 0.743. The number of benzene rings is 1. The van der Waals surface area contributed by atoms with Crippen LogP contribution < -0.4 is 0 Å². The number of esters is 1. The topological polar surface area (TPSA) is 102 Å². The zero-order valence-corrected chi connectivity index (χ0v) is 16.6. The lowest BCUT2D eigenvalue weighted by molar-refractivity contribution is 0.0599. The van der Waals surface area contributed by atoms with Gasteiger partial charge in [0.1, 0.15) is 0 Å². The zero-order valence-electron chi connectivity index (χ0n) is 15.7. The summed E-state index contributed by atoms with van der Waals surface area (Å²) in [5.41, 5.74) is 0.802. The lowest BCUT2D eigenvalue weighted by Crippen LogP contribution is -2.37. The number of nitrogens with zero attached hydrogens (tertiary/aromatic N) is 4. The third-order valence-electron chi connectivity index (χ3n) is 4.58. The first-order valence-electron chi connectivity index (χ1n) is 8.78. The number of imidazole rings is 1. The molecule has 0 aliphatic carbocycles. The maximum Gasteiger partial charge on any atom is 0.337 e. The second-order valence-corrected chi connectivity index (χ2v) is 8.38. The van der Waals surface area contributed by atoms with Gasteiger partial charge in [-0.25, -0.2) is 18.2 Å². The lowest BCUT2D eigenvalue weighted by Gasteiger charge is -2.21. The number of carbonyl (C=O) groups is 2. The summed E-state index contributed by atoms with van der Waals surface area (Å²) in [5.74, 6) is -0.669. The lowest BCUT2D eigenvalue weighted by atomic mass is 10.1. The van der Waals surface area contributed by atoms with Crippen molar-refractivity contribution in [3.05, 3.63) is 47.9 Å². The number of amides is 1. The van der Waals surface area contributed by atoms with Gasteiger partial charge in [-0.2, -0.15) is 4.31 Å². The third-order valence-corrected chi connectivity index (χ3v) is 6.36. The molecule has 0 spiro atoms. The van der Waals surface area contributed by atoms with Crippen molar-refractivity contribution < 1.29 is 22.7 Å². The Labute approximate surface area is 163 Å². The summed E-state index contributed by atoms with van der Waals surface area (Å²) < 4.78 is 33.1. The first-order chi connectivity index (χ1) is 13.3. The van der Waals surface area contributed by atoms with Crippen LogP contribution in [0.4, 0.5) is 0 Å². The van der Waals surface area contributed by atoms with Crippen molar-refractivity contribution in [2.24, 2.45) is 7.05 Å². The molecule has 1 aliphatic heterocycles. The van der Waals surface area contributed by atoms with E-state index in [1.807, 2.05) is 0 Å². The number of sulfonamides is 1. The van der Waals surface area contributed by atoms with Crippen molar-refractivity contribution in [2.75, 3.05) is 33.3 Å². The fourth-order valence-corrected chi connectivity index (χ4v) is 4.48. The van der Waals surface area contributed by atoms with E-state index in [-0.39, 0.29) is 24.0 Å². The van der Waals surface area contributed by atoms with Crippen molar-refractivity contribution in [2.45, 2.75) is 11.4 Å². The smallest absolute Gasteiger partial charge is 0.337 e. The van der Waals surface area contributed by atoms with Crippen LogP contribution in [0.2, 0.25) is 0 Å². The molecule has 0 bridgehead atoms. The highest BCUT2D eigenvalue weighted by Gasteiger charge is 2.30. The number of rotatable bonds is 4. The molecule has 2 heterocycles. The van der Waals surface area contributed by atoms with Gasteiger partial charge in [0.25, 0.3) is 15.9 Å². The molecule has 0 radical (unpaired) electrons. The molecule has 9 nitrogen and oxygen atoms in total. The van der Waals surface area contributed by atoms with Gasteiger partial charge in [-0.3, -0.25) is 4.79 Å². The van der Waals surface area contributed by atoms with Gasteiger partial charge in [0.2, 0.25) is 0 Å². The summed E-state index contributed by atoms with van der Waals surface area (Å²) in [4.78, 5) is 29.8. The minimum atomic E-state index is -3.68. The van der Waals surface area contributed by atoms with Crippen LogP contribution in [-0.2, 0) is 21.8 Å². The molecule has 0 unspecified atom stereocenters. The molecule has 28 heavy (non-hydrogen) atoms. The van der Waals surface area contributed by atoms with E-state index < -0.39 is 16.0 Å². The molecule has 0 saturated carbocycles. The highest BCUT2D eigenvalue weighted by atomic mass is 32.2. The Hall–Kier alpha value is -2.72. The van der Waals surface area contributed by atoms with Gasteiger partial charge in [0.05, 0.1) is 19.0 Å². The second kappa shape index (κ2) is 8.11. The van der Waals surface area contributed by atoms with E-state index in [2.05, 4.69) is 9.72 Å². The molecule has 2 aromatic rings. The molecule has 1 aromatic heterocycles. The molecule has 1 saturated heterocycles. The summed E-state index contributed by atoms with van der Waals surface area (Å²) in [6.07, 6.45) is 3.43. The van der Waals surface area contributed by atoms with E-state index >= 15 is 0 Å². The van der Waals surface area contributed by atoms with Crippen LogP contribution in [0.1, 0.15) is 27.1 Å². The van der Waals surface area contributed by atoms with Crippen molar-refractivity contribution >= 4 is 21.9 Å². The Balaban J connectivity index is 1.69. The van der Waals surface area contributed by atoms with Crippen LogP contribution >= 0.6 is 0 Å². The molecular formula is C18H22N4O5S. The number of aryl methyl sites for hydroxylation is 1. The van der Waals surface area contributed by atoms with Crippen LogP contribution in [-0.4, -0.2) is 72.3 Å². The van der Waals surface area contributed by atoms with E-state index in [1.54, 1.807) is 28.6 Å². The summed E-state index contributed by atoms with van der Waals surface area (Å²) in [6.45, 7) is 1.25. The van der Waals surface area contributed by atoms with Gasteiger partial charge in [-0.1, -0.05) is 0 Å². The van der Waals surface area contributed by atoms with E-state index in [9.17, 15) is 18.0 Å². The fourth-order valence-electron chi connectivity index (χ4n) is 3.04. The number of aromatic nitrogens is 2. The molecule has 1 aromatic carbocycles. The standard InChI is InChI=1S/C18H22N4O5S/c1-20-12-16(19-13-20)28(25,26)22-9-3-8-21(10-11-22)17(23)14-4-6-15(7-5-14)18(24)27-2/h4-7,12-13H,3,8-11H2,1-2H3. The fraction of sp³-hybridized carbons (Fsp3) is 0.389. The average Bonchev–Trinajstić information content (AvgIpc) is 2.99. The van der Waals surface area contributed by atoms with Crippen LogP contribution in [0, 0.1) is 0 Å². The summed E-state index contributed by atoms with van der Waals surface area (Å²) in [6, 6.07) is 6.22. The molecule has 1 aliphatic rings. The van der Waals surface area contributed by atoms with E-state index in [1.165, 1.54) is 36.1 Å². The van der Waals surface area contributed by atoms with Crippen LogP contribution in [0.5, 0.6) is 0 Å². The Kier molecular flexibility index (Phi) is 5.80. The Bertz CT molecular complexity index is 968. The number of hydrogen-bond acceptors (Lipinski definition) is 6. The van der Waals surface area contributed by atoms with Gasteiger partial charge < -0.3 is 14.2 Å². The molecule has 0 N–H and O–H groups in total. The van der Waals surface area contributed by atoms with Crippen LogP contribution in [0.3, 0.4) is 0 Å². The highest BCUT2D eigenvalue weighted by Crippen LogP contribution is 2.17. The molecule has 10 heteroatoms. The average molecular weight is 406 g/mol. The molecule has 0 atom stereocenters. The number of hydrogen-bond donors (Lipinski definition) is 0. The summed E-state index contributed by atoms with van der Waals surface area (Å²) >= 11 is 0. The maximum absolute atomic E-state index is 12.8. The van der Waals surface area contributed by atoms with E-state index in [0.29, 0.717) is 30.6 Å². The summed E-state index contributed by atoms with van der Waals surface area (Å²) in [7, 11) is -0.681. The number of ether oxygens (including phenoxy) is 1. The number of carbonyl (C=O) groups excluding carboxylic acids is 2. The van der Waals surface area contributed by atoms with Gasteiger partial charge in [0, 0.05) is 45.0 Å². The normalized spacial score (nSPS) is 15.9. The largest absolute Gasteiger partial charge is 0.465 e. The molecule has 3 rings (SSSR count). The Morgan fingerprint density at radius 1 is 1.04 bits per heavy atom. The molecule has 1 amide bonds. The molecule has 150 valence electrons. The minimum absolute atomic E-state index is 0.00757. The van der Waals surface area contributed by atoms with Crippen molar-refractivity contribution in [1.82, 2.24) is 18.8 Å². The van der Waals surface area contributed by atoms with Crippen LogP contribution in [0.25, 0.3) is 0 Å². The van der Waals surface area contributed by atoms with Crippen molar-refractivity contribution in [3.8, 4) is 0 Å². The number of methoxy groups -OCH3 is 1. The van der Waals surface area contributed by atoms with Crippen LogP contribution in [0.15, 0.2) is 41.8 Å². The molecule has 1 fully saturated rings. The monoisotopic (exact) mass is 406 g/mol. The molecular weight excluding hydrogens is 384 g/mol. The van der Waals surface area contributed by atoms with Gasteiger partial charge in [-0.05, 0) is 30.7 Å². The zero-order chi connectivity index (χ0) is 20.3. The minimum Gasteiger partial charge on any atom is -0.465 e. The third kappa shape index (κ3) is 4.07. The maximum atomic E-state index is 12.8. The van der Waals surface area contributed by atoms with Gasteiger partial charge in [-0.15, -0.1) is 0 Å².